The summed E-state index contributed by atoms with van der Waals surface area (Å²) in [7, 11) is 0. The van der Waals surface area contributed by atoms with Crippen molar-refractivity contribution >= 4 is 18.2 Å². The van der Waals surface area contributed by atoms with Crippen LogP contribution in [0, 0.1) is 111 Å². The monoisotopic (exact) mass is 1330 g/mol. The molecule has 12 nitrogen and oxygen atoms in total. The topological polar surface area (TPSA) is 187 Å². The molecular weight excluding hydrogens is 1190 g/mol. The zero-order valence-corrected chi connectivity index (χ0v) is 65.5. The average Bonchev–Trinajstić information content (AvgIpc) is 0.873. The Morgan fingerprint density at radius 1 is 0.354 bits per heavy atom. The van der Waals surface area contributed by atoms with Crippen molar-refractivity contribution in [3.8, 4) is 18.8 Å². The van der Waals surface area contributed by atoms with E-state index in [1.165, 1.54) is 38.5 Å². The zero-order chi connectivity index (χ0) is 73.4. The number of rotatable bonds is 18. The van der Waals surface area contributed by atoms with E-state index in [2.05, 4.69) is 254 Å². The van der Waals surface area contributed by atoms with Crippen molar-refractivity contribution in [3.05, 3.63) is 72.9 Å². The summed E-state index contributed by atoms with van der Waals surface area (Å²) < 4.78 is 15.3. The molecule has 0 bridgehead atoms. The van der Waals surface area contributed by atoms with Gasteiger partial charge in [0.2, 0.25) is 18.2 Å². The Labute approximate surface area is 588 Å². The predicted molar refractivity (Wildman–Crippen MR) is 398 cm³/mol. The molecule has 0 N–H and O–H groups in total. The summed E-state index contributed by atoms with van der Waals surface area (Å²) in [6, 6.07) is 0.327. The predicted octanol–water partition coefficient (Wildman–Crippen LogP) is 23.4. The van der Waals surface area contributed by atoms with Gasteiger partial charge in [-0.1, -0.05) is 198 Å². The quantitative estimate of drug-likeness (QED) is 0.0557. The summed E-state index contributed by atoms with van der Waals surface area (Å²) in [6.07, 6.45) is 61.2. The van der Waals surface area contributed by atoms with Gasteiger partial charge in [-0.25, -0.2) is 29.4 Å². The minimum absolute atomic E-state index is 0.101. The van der Waals surface area contributed by atoms with Gasteiger partial charge in [0.05, 0.1) is 18.6 Å². The number of hydrogen-bond acceptors (Lipinski definition) is 12. The van der Waals surface area contributed by atoms with Crippen LogP contribution in [-0.2, 0) is 28.6 Å². The minimum Gasteiger partial charge on any atom is -0.427 e. The molecule has 12 unspecified atom stereocenters. The summed E-state index contributed by atoms with van der Waals surface area (Å²) in [5.74, 6) is 1.25. The standard InChI is InChI=1S/6C14H23NO/c1-5-6-12-7-13(2,3)9-14(4,8-12)10-16-11-15;1-5-6-12-7-13(2,3)9-14(4,8-12)10-15-11-16;2*1-5-6-7-14(4)9-12(16-11-15)8-13(2,3)10-14;2*1-5-6-7-14(4)9-12(15-11-16)8-13(2,3)10-14/h6*5-6,12H,7-10H2,1-4H3. The Morgan fingerprint density at radius 3 is 0.958 bits per heavy atom. The molecule has 0 saturated heterocycles. The Morgan fingerprint density at radius 2 is 0.656 bits per heavy atom. The van der Waals surface area contributed by atoms with E-state index < -0.39 is 0 Å². The van der Waals surface area contributed by atoms with Gasteiger partial charge in [-0.3, -0.25) is 0 Å². The van der Waals surface area contributed by atoms with E-state index in [1.807, 2.05) is 12.5 Å². The summed E-state index contributed by atoms with van der Waals surface area (Å²) in [5, 5.41) is 25.8. The van der Waals surface area contributed by atoms with Gasteiger partial charge in [0.15, 0.2) is 0 Å². The van der Waals surface area contributed by atoms with E-state index in [-0.39, 0.29) is 78.4 Å². The number of allylic oxidation sites excluding steroid dienone is 12. The molecule has 0 amide bonds. The Bertz CT molecular complexity index is 2690. The Balaban J connectivity index is 0.000000576. The Kier molecular flexibility index (Phi) is 36.8. The lowest BCUT2D eigenvalue weighted by Crippen LogP contribution is -2.38. The first kappa shape index (κ1) is 88.5. The number of aliphatic imine (C=N–C) groups is 3. The number of nitrogens with zero attached hydrogens (tertiary/aromatic N) is 6. The number of carbonyl (C=O) groups excluding carboxylic acids is 3. The van der Waals surface area contributed by atoms with E-state index in [0.29, 0.717) is 35.8 Å². The molecule has 0 aliphatic heterocycles. The lowest BCUT2D eigenvalue weighted by atomic mass is 9.60. The largest absolute Gasteiger partial charge is 0.427 e. The first-order valence-electron chi connectivity index (χ1n) is 36.4. The van der Waals surface area contributed by atoms with E-state index >= 15 is 0 Å². The maximum atomic E-state index is 10.4. The molecule has 6 saturated carbocycles. The van der Waals surface area contributed by atoms with E-state index in [9.17, 15) is 14.4 Å². The molecule has 96 heavy (non-hydrogen) atoms. The lowest BCUT2D eigenvalue weighted by molar-refractivity contribution is -0.0103. The van der Waals surface area contributed by atoms with Crippen molar-refractivity contribution in [2.45, 2.75) is 332 Å². The highest BCUT2D eigenvalue weighted by Gasteiger charge is 2.46. The van der Waals surface area contributed by atoms with Crippen LogP contribution in [0.2, 0.25) is 0 Å². The van der Waals surface area contributed by atoms with E-state index in [1.54, 1.807) is 24.5 Å². The fraction of sp³-hybridized carbons (Fsp3) is 0.786. The number of hydrogen-bond donors (Lipinski definition) is 0. The van der Waals surface area contributed by atoms with Crippen LogP contribution in [0.25, 0.3) is 0 Å². The van der Waals surface area contributed by atoms with E-state index in [0.717, 1.165) is 103 Å². The van der Waals surface area contributed by atoms with Gasteiger partial charge < -0.3 is 14.2 Å². The molecule has 0 aromatic carbocycles. The highest BCUT2D eigenvalue weighted by molar-refractivity contribution is 5.34. The molecule has 0 heterocycles. The smallest absolute Gasteiger partial charge is 0.286 e. The van der Waals surface area contributed by atoms with Gasteiger partial charge in [0, 0.05) is 5.41 Å². The summed E-state index contributed by atoms with van der Waals surface area (Å²) >= 11 is 0. The van der Waals surface area contributed by atoms with Gasteiger partial charge in [-0.05, 0) is 254 Å². The van der Waals surface area contributed by atoms with Crippen LogP contribution in [-0.4, -0.2) is 55.7 Å². The second-order valence-corrected chi connectivity index (χ2v) is 37.2. The van der Waals surface area contributed by atoms with Gasteiger partial charge >= 0.3 is 0 Å². The molecule has 0 radical (unpaired) electrons. The van der Waals surface area contributed by atoms with Gasteiger partial charge in [-0.15, -0.1) is 0 Å². The first-order valence-corrected chi connectivity index (χ1v) is 36.4. The molecule has 6 aliphatic carbocycles. The molecule has 6 aliphatic rings. The molecule has 0 aromatic rings. The zero-order valence-electron chi connectivity index (χ0n) is 65.5. The summed E-state index contributed by atoms with van der Waals surface area (Å²) in [4.78, 5) is 42.8. The number of nitriles is 3. The van der Waals surface area contributed by atoms with Crippen molar-refractivity contribution in [1.82, 2.24) is 0 Å². The van der Waals surface area contributed by atoms with Crippen LogP contribution >= 0.6 is 0 Å². The molecule has 6 fully saturated rings. The maximum absolute atomic E-state index is 10.4. The van der Waals surface area contributed by atoms with Crippen LogP contribution in [0.15, 0.2) is 87.9 Å². The third-order valence-corrected chi connectivity index (χ3v) is 20.8. The van der Waals surface area contributed by atoms with Crippen LogP contribution in [0.3, 0.4) is 0 Å². The van der Waals surface area contributed by atoms with Gasteiger partial charge in [-0.2, -0.15) is 15.8 Å². The highest BCUT2D eigenvalue weighted by Crippen LogP contribution is 2.54. The third kappa shape index (κ3) is 35.3. The third-order valence-electron chi connectivity index (χ3n) is 20.8. The van der Waals surface area contributed by atoms with E-state index in [4.69, 9.17) is 30.0 Å². The molecule has 6 rings (SSSR count). The molecular formula is C84H138N6O6. The molecule has 540 valence electrons. The van der Waals surface area contributed by atoms with Gasteiger partial charge in [0.25, 0.3) is 18.8 Å². The van der Waals surface area contributed by atoms with Crippen molar-refractivity contribution in [3.63, 3.8) is 0 Å². The van der Waals surface area contributed by atoms with Crippen molar-refractivity contribution < 1.29 is 28.6 Å². The minimum atomic E-state index is 0.101. The SMILES string of the molecule is CC=CC1CC(C)(C)CC(C)(CN=C=O)C1.CC=CC1CC(C)(C)CC(C)(COC#N)C1.CC=CCC1(C)CC(N=C=O)CC(C)(C)C1.CC=CCC1(C)CC(N=C=O)CC(C)(C)C1.CC=CCC1(C)CC(OC#N)CC(C)(C)C1.CC=CCC1(C)CC(OC#N)CC(C)(C)C1. The highest BCUT2D eigenvalue weighted by atomic mass is 16.5. The van der Waals surface area contributed by atoms with Gasteiger partial charge in [0.1, 0.15) is 18.8 Å². The van der Waals surface area contributed by atoms with Crippen molar-refractivity contribution in [2.24, 2.45) is 91.8 Å². The van der Waals surface area contributed by atoms with Crippen LogP contribution in [0.4, 0.5) is 0 Å². The fourth-order valence-corrected chi connectivity index (χ4v) is 20.0. The lowest BCUT2D eigenvalue weighted by Gasteiger charge is -2.45. The van der Waals surface area contributed by atoms with Crippen molar-refractivity contribution in [2.75, 3.05) is 13.2 Å². The first-order chi connectivity index (χ1) is 44.4. The molecule has 12 atom stereocenters. The molecule has 0 spiro atoms. The Hall–Kier alpha value is -5.55. The fourth-order valence-electron chi connectivity index (χ4n) is 20.0. The van der Waals surface area contributed by atoms with Crippen molar-refractivity contribution in [1.29, 1.82) is 15.8 Å². The second kappa shape index (κ2) is 39.9. The normalized spacial score (nSPS) is 33.6. The number of isocyanates is 3. The van der Waals surface area contributed by atoms with Crippen LogP contribution in [0.5, 0.6) is 0 Å². The maximum Gasteiger partial charge on any atom is 0.286 e. The summed E-state index contributed by atoms with van der Waals surface area (Å²) in [5.41, 5.74) is 3.19. The second-order valence-electron chi connectivity index (χ2n) is 37.2. The van der Waals surface area contributed by atoms with Crippen LogP contribution < -0.4 is 0 Å². The average molecular weight is 1330 g/mol. The number of ether oxygens (including phenoxy) is 3. The molecule has 0 aromatic heterocycles. The molecule has 12 heteroatoms. The summed E-state index contributed by atoms with van der Waals surface area (Å²) in [6.45, 7) is 54.7. The van der Waals surface area contributed by atoms with Crippen LogP contribution in [0.1, 0.15) is 307 Å².